The number of nitrogens with zero attached hydrogens (tertiary/aromatic N) is 4. The number of anilines is 2. The molecule has 2 aliphatic rings. The van der Waals surface area contributed by atoms with E-state index in [1.807, 2.05) is 16.8 Å². The van der Waals surface area contributed by atoms with E-state index in [0.717, 1.165) is 48.7 Å². The molecule has 234 valence electrons. The van der Waals surface area contributed by atoms with Crippen LogP contribution in [0.5, 0.6) is 0 Å². The maximum absolute atomic E-state index is 13.1. The highest BCUT2D eigenvalue weighted by molar-refractivity contribution is 6.06. The van der Waals surface area contributed by atoms with Crippen molar-refractivity contribution in [1.82, 2.24) is 25.1 Å². The van der Waals surface area contributed by atoms with Gasteiger partial charge in [0.25, 0.3) is 5.91 Å². The molecular formula is C32H32F3N7O3. The van der Waals surface area contributed by atoms with Gasteiger partial charge in [-0.2, -0.15) is 18.3 Å². The van der Waals surface area contributed by atoms with Crippen molar-refractivity contribution in [3.05, 3.63) is 71.6 Å². The molecule has 1 aliphatic heterocycles. The molecule has 2 amide bonds. The van der Waals surface area contributed by atoms with E-state index >= 15 is 0 Å². The van der Waals surface area contributed by atoms with Gasteiger partial charge in [0.2, 0.25) is 5.91 Å². The number of halogens is 3. The van der Waals surface area contributed by atoms with Crippen LogP contribution in [-0.2, 0) is 15.7 Å². The topological polar surface area (TPSA) is 137 Å². The number of benzene rings is 1. The molecule has 1 aromatic carbocycles. The summed E-state index contributed by atoms with van der Waals surface area (Å²) in [6.07, 6.45) is 6.49. The van der Waals surface area contributed by atoms with Gasteiger partial charge in [-0.15, -0.1) is 0 Å². The Kier molecular flexibility index (Phi) is 8.52. The molecular weight excluding hydrogens is 587 g/mol. The molecule has 4 heterocycles. The zero-order valence-electron chi connectivity index (χ0n) is 24.3. The van der Waals surface area contributed by atoms with Crippen molar-refractivity contribution in [1.29, 1.82) is 0 Å². The first-order chi connectivity index (χ1) is 21.7. The van der Waals surface area contributed by atoms with Crippen LogP contribution in [0, 0.1) is 0 Å². The third-order valence-corrected chi connectivity index (χ3v) is 8.09. The van der Waals surface area contributed by atoms with Gasteiger partial charge in [-0.05, 0) is 56.4 Å². The van der Waals surface area contributed by atoms with E-state index in [2.05, 4.69) is 20.6 Å². The Bertz CT molecular complexity index is 1750. The number of pyridine rings is 2. The van der Waals surface area contributed by atoms with E-state index in [0.29, 0.717) is 54.9 Å². The molecule has 13 heteroatoms. The smallest absolute Gasteiger partial charge is 0.383 e. The first kappa shape index (κ1) is 30.3. The largest absolute Gasteiger partial charge is 0.416 e. The Hall–Kier alpha value is -4.78. The van der Waals surface area contributed by atoms with Gasteiger partial charge in [0.05, 0.1) is 35.7 Å². The first-order valence-electron chi connectivity index (χ1n) is 14.8. The fourth-order valence-corrected chi connectivity index (χ4v) is 5.90. The third-order valence-electron chi connectivity index (χ3n) is 8.09. The van der Waals surface area contributed by atoms with Crippen molar-refractivity contribution in [2.45, 2.75) is 56.8 Å². The standard InChI is InChI=1S/C32H32F3N7O3/c33-32(34,35)22-11-13-37-25(16-22)40-31(44)20-9-7-19(8-10-20)28-27-29-21(18-38-30(27)36)4-1-2-14-45-15-12-26(43)39-23-5-3-6-24(17-23)42(29)41-28/h1,4,7-11,13,16,18,23-24H,2-3,5-6,12,14-15,17H2,(H2,36,38)(H,39,43)(H,37,40,44)/b4-1+/t23-,24-/m1/s1. The van der Waals surface area contributed by atoms with Crippen molar-refractivity contribution in [3.8, 4) is 11.3 Å². The van der Waals surface area contributed by atoms with Gasteiger partial charge in [0, 0.05) is 41.5 Å². The van der Waals surface area contributed by atoms with Crippen LogP contribution in [0.3, 0.4) is 0 Å². The number of fused-ring (bicyclic) bond motifs is 3. The number of rotatable bonds is 3. The van der Waals surface area contributed by atoms with Crippen LogP contribution in [0.2, 0.25) is 0 Å². The molecule has 4 aromatic rings. The molecule has 45 heavy (non-hydrogen) atoms. The van der Waals surface area contributed by atoms with Crippen molar-refractivity contribution in [2.75, 3.05) is 24.3 Å². The highest BCUT2D eigenvalue weighted by Gasteiger charge is 2.31. The Morgan fingerprint density at radius 1 is 1.11 bits per heavy atom. The quantitative estimate of drug-likeness (QED) is 0.265. The lowest BCUT2D eigenvalue weighted by molar-refractivity contribution is -0.137. The summed E-state index contributed by atoms with van der Waals surface area (Å²) in [6.45, 7) is 0.854. The molecule has 2 bridgehead atoms. The van der Waals surface area contributed by atoms with E-state index in [4.69, 9.17) is 15.6 Å². The summed E-state index contributed by atoms with van der Waals surface area (Å²) >= 11 is 0. The molecule has 2 atom stereocenters. The van der Waals surface area contributed by atoms with Crippen LogP contribution in [-0.4, -0.2) is 50.8 Å². The summed E-state index contributed by atoms with van der Waals surface area (Å²) in [7, 11) is 0. The molecule has 4 N–H and O–H groups in total. The molecule has 0 saturated heterocycles. The minimum absolute atomic E-state index is 0.000593. The van der Waals surface area contributed by atoms with Gasteiger partial charge >= 0.3 is 6.18 Å². The van der Waals surface area contributed by atoms with Crippen LogP contribution < -0.4 is 16.4 Å². The zero-order chi connectivity index (χ0) is 31.6. The molecule has 6 rings (SSSR count). The number of carbonyl (C=O) groups excluding carboxylic acids is 2. The maximum atomic E-state index is 13.1. The normalized spacial score (nSPS) is 20.1. The number of nitrogen functional groups attached to an aromatic ring is 1. The summed E-state index contributed by atoms with van der Waals surface area (Å²) in [5, 5.41) is 11.3. The lowest BCUT2D eigenvalue weighted by Crippen LogP contribution is -2.39. The van der Waals surface area contributed by atoms with Gasteiger partial charge < -0.3 is 21.1 Å². The Morgan fingerprint density at radius 3 is 2.73 bits per heavy atom. The first-order valence-corrected chi connectivity index (χ1v) is 14.8. The van der Waals surface area contributed by atoms with E-state index in [-0.39, 0.29) is 29.4 Å². The predicted molar refractivity (Wildman–Crippen MR) is 163 cm³/mol. The molecule has 0 spiro atoms. The van der Waals surface area contributed by atoms with Crippen LogP contribution in [0.4, 0.5) is 24.8 Å². The molecule has 1 fully saturated rings. The van der Waals surface area contributed by atoms with Crippen molar-refractivity contribution in [2.24, 2.45) is 0 Å². The third kappa shape index (κ3) is 6.68. The number of nitrogens with two attached hydrogens (primary N) is 1. The maximum Gasteiger partial charge on any atom is 0.416 e. The number of nitrogens with one attached hydrogen (secondary N) is 2. The van der Waals surface area contributed by atoms with E-state index < -0.39 is 17.6 Å². The molecule has 1 aliphatic carbocycles. The van der Waals surface area contributed by atoms with E-state index in [1.54, 1.807) is 30.5 Å². The highest BCUT2D eigenvalue weighted by atomic mass is 19.4. The van der Waals surface area contributed by atoms with Gasteiger partial charge in [0.1, 0.15) is 17.3 Å². The Morgan fingerprint density at radius 2 is 1.93 bits per heavy atom. The second-order valence-corrected chi connectivity index (χ2v) is 11.2. The fourth-order valence-electron chi connectivity index (χ4n) is 5.90. The molecule has 1 saturated carbocycles. The van der Waals surface area contributed by atoms with Crippen molar-refractivity contribution in [3.63, 3.8) is 0 Å². The van der Waals surface area contributed by atoms with Gasteiger partial charge in [-0.1, -0.05) is 24.3 Å². The van der Waals surface area contributed by atoms with Gasteiger partial charge in [0.15, 0.2) is 0 Å². The lowest BCUT2D eigenvalue weighted by atomic mass is 9.90. The summed E-state index contributed by atoms with van der Waals surface area (Å²) < 4.78 is 46.9. The highest BCUT2D eigenvalue weighted by Crippen LogP contribution is 2.39. The number of hydrogen-bond donors (Lipinski definition) is 3. The number of carbonyl (C=O) groups is 2. The fraction of sp³-hybridized carbons (Fsp3) is 0.344. The average Bonchev–Trinajstić information content (AvgIpc) is 3.43. The lowest BCUT2D eigenvalue weighted by Gasteiger charge is -2.30. The molecule has 0 unspecified atom stereocenters. The van der Waals surface area contributed by atoms with Gasteiger partial charge in [-0.3, -0.25) is 14.3 Å². The van der Waals surface area contributed by atoms with E-state index in [9.17, 15) is 22.8 Å². The monoisotopic (exact) mass is 619 g/mol. The Labute approximate surface area is 256 Å². The number of amides is 2. The minimum Gasteiger partial charge on any atom is -0.383 e. The molecule has 3 aromatic heterocycles. The summed E-state index contributed by atoms with van der Waals surface area (Å²) in [5.41, 5.74) is 8.75. The van der Waals surface area contributed by atoms with Crippen molar-refractivity contribution < 1.29 is 27.5 Å². The second-order valence-electron chi connectivity index (χ2n) is 11.2. The Balaban J connectivity index is 1.35. The van der Waals surface area contributed by atoms with Crippen LogP contribution in [0.25, 0.3) is 28.2 Å². The molecule has 0 radical (unpaired) electrons. The average molecular weight is 620 g/mol. The minimum atomic E-state index is -4.56. The van der Waals surface area contributed by atoms with Crippen LogP contribution in [0.15, 0.2) is 54.9 Å². The summed E-state index contributed by atoms with van der Waals surface area (Å²) in [6, 6.07) is 8.21. The molecule has 10 nitrogen and oxygen atoms in total. The van der Waals surface area contributed by atoms with Crippen LogP contribution in [0.1, 0.15) is 66.1 Å². The number of hydrogen-bond acceptors (Lipinski definition) is 7. The predicted octanol–water partition coefficient (Wildman–Crippen LogP) is 5.77. The van der Waals surface area contributed by atoms with Crippen molar-refractivity contribution >= 4 is 40.4 Å². The second kappa shape index (κ2) is 12.7. The van der Waals surface area contributed by atoms with E-state index in [1.165, 1.54) is 0 Å². The zero-order valence-corrected chi connectivity index (χ0v) is 24.3. The van der Waals surface area contributed by atoms with Gasteiger partial charge in [-0.25, -0.2) is 9.97 Å². The number of ether oxygens (including phenoxy) is 1. The number of alkyl halides is 3. The van der Waals surface area contributed by atoms with Crippen LogP contribution >= 0.6 is 0 Å². The SMILES string of the molecule is Nc1ncc2c3c1c(-c1ccc(C(=O)Nc4cc(C(F)(F)F)ccn4)cc1)nn3[C@@H]1CCC[C@H](C1)NC(=O)CCOCC/C=C/2. The number of aromatic nitrogens is 4. The summed E-state index contributed by atoms with van der Waals surface area (Å²) in [5.74, 6) is -0.533. The summed E-state index contributed by atoms with van der Waals surface area (Å²) in [4.78, 5) is 33.7.